The molecular weight excluding hydrogens is 824 g/mol. The molecule has 0 aromatic heterocycles. The van der Waals surface area contributed by atoms with Gasteiger partial charge in [-0.25, -0.2) is 4.79 Å². The van der Waals surface area contributed by atoms with Gasteiger partial charge >= 0.3 is 12.1 Å². The molecule has 0 aliphatic carbocycles. The lowest BCUT2D eigenvalue weighted by molar-refractivity contribution is -0.318. The average Bonchev–Trinajstić information content (AvgIpc) is 3.14. The van der Waals surface area contributed by atoms with Gasteiger partial charge in [-0.15, -0.1) is 0 Å². The Labute approximate surface area is 354 Å². The molecule has 58 heavy (non-hydrogen) atoms. The van der Waals surface area contributed by atoms with Crippen molar-refractivity contribution in [3.8, 4) is 0 Å². The van der Waals surface area contributed by atoms with Gasteiger partial charge in [0.15, 0.2) is 18.7 Å². The minimum absolute atomic E-state index is 0.0830. The number of carbonyl (C=O) groups is 2. The lowest BCUT2D eigenvalue weighted by atomic mass is 9.77. The summed E-state index contributed by atoms with van der Waals surface area (Å²) in [6, 6.07) is -0.929. The number of esters is 1. The molecule has 340 valence electrons. The molecule has 0 saturated carbocycles. The van der Waals surface area contributed by atoms with Gasteiger partial charge in [0.2, 0.25) is 0 Å². The fraction of sp³-hybridized carbons (Fsp3) is 0.951. The number of halogens is 1. The summed E-state index contributed by atoms with van der Waals surface area (Å²) in [5, 5.41) is 47.5. The van der Waals surface area contributed by atoms with Crippen molar-refractivity contribution in [2.75, 3.05) is 46.7 Å². The minimum Gasteiger partial charge on any atom is -0.459 e. The molecule has 0 amide bonds. The van der Waals surface area contributed by atoms with E-state index in [2.05, 4.69) is 15.9 Å². The third-order valence-corrected chi connectivity index (χ3v) is 13.0. The topological polar surface area (TPSA) is 195 Å². The van der Waals surface area contributed by atoms with E-state index < -0.39 is 102 Å². The largest absolute Gasteiger partial charge is 0.508 e. The van der Waals surface area contributed by atoms with Gasteiger partial charge < -0.3 is 68.1 Å². The first-order valence-electron chi connectivity index (χ1n) is 20.8. The van der Waals surface area contributed by atoms with E-state index in [9.17, 15) is 30.0 Å². The Balaban J connectivity index is 2.23. The van der Waals surface area contributed by atoms with E-state index in [-0.39, 0.29) is 43.9 Å². The highest BCUT2D eigenvalue weighted by molar-refractivity contribution is 9.09. The first kappa shape index (κ1) is 51.1. The van der Waals surface area contributed by atoms with Crippen molar-refractivity contribution in [2.24, 2.45) is 17.8 Å². The molecule has 3 rings (SSSR count). The lowest BCUT2D eigenvalue weighted by Gasteiger charge is -2.49. The molecule has 3 aliphatic heterocycles. The number of alkyl halides is 1. The average molecular weight is 900 g/mol. The molecule has 3 fully saturated rings. The number of rotatable bonds is 10. The van der Waals surface area contributed by atoms with Gasteiger partial charge in [-0.05, 0) is 94.8 Å². The number of nitrogens with zero attached hydrogens (tertiary/aromatic N) is 2. The van der Waals surface area contributed by atoms with E-state index in [1.807, 2.05) is 44.8 Å². The summed E-state index contributed by atoms with van der Waals surface area (Å²) < 4.78 is 49.3. The van der Waals surface area contributed by atoms with Crippen LogP contribution in [0.3, 0.4) is 0 Å². The monoisotopic (exact) mass is 898 g/mol. The van der Waals surface area contributed by atoms with Gasteiger partial charge in [0, 0.05) is 37.4 Å². The van der Waals surface area contributed by atoms with Crippen LogP contribution >= 0.6 is 15.9 Å². The Morgan fingerprint density at radius 2 is 1.62 bits per heavy atom. The maximum Gasteiger partial charge on any atom is 0.508 e. The molecule has 0 bridgehead atoms. The zero-order valence-corrected chi connectivity index (χ0v) is 38.8. The van der Waals surface area contributed by atoms with Crippen molar-refractivity contribution in [3.05, 3.63) is 0 Å². The van der Waals surface area contributed by atoms with E-state index in [1.165, 1.54) is 14.0 Å². The summed E-state index contributed by atoms with van der Waals surface area (Å²) in [6.07, 6.45) is -9.72. The van der Waals surface area contributed by atoms with Crippen molar-refractivity contribution in [1.29, 1.82) is 0 Å². The number of likely N-dealkylation sites (N-methyl/N-ethyl adjacent to an activating group) is 2. The molecule has 3 saturated heterocycles. The van der Waals surface area contributed by atoms with Gasteiger partial charge in [-0.2, -0.15) is 0 Å². The highest BCUT2D eigenvalue weighted by atomic mass is 79.9. The van der Waals surface area contributed by atoms with Crippen LogP contribution in [0.1, 0.15) is 94.9 Å². The number of carbonyl (C=O) groups excluding carboxylic acids is 2. The Kier molecular flexibility index (Phi) is 18.7. The normalized spacial score (nSPS) is 45.5. The van der Waals surface area contributed by atoms with Gasteiger partial charge in [0.25, 0.3) is 0 Å². The standard InChI is InChI=1S/C41H75BrN2O14/c1-15-29-41(10,50)33(45)26(6)44(13)21-22(2)19-39(8,49)35(58-37-32(57-38(48)52-17-16-42)28(43(11)12)18-23(3)53-37)24(4)31(25(5)36(47)55-29)56-30-20-40(9,51-14)34(46)27(7)54-30/h22-35,37,45-46,49-50H,15-21H2,1-14H3/t22-,23-,24+,25-,26-,27+,28?,29-,30+,31+,32-,33-,34+,35-,37+,39-,40-,41-/m1/s1. The highest BCUT2D eigenvalue weighted by Crippen LogP contribution is 2.40. The Morgan fingerprint density at radius 1 is 0.983 bits per heavy atom. The molecule has 4 N–H and O–H groups in total. The van der Waals surface area contributed by atoms with Crippen LogP contribution in [0.2, 0.25) is 0 Å². The lowest BCUT2D eigenvalue weighted by Crippen LogP contribution is -2.61. The van der Waals surface area contributed by atoms with Crippen LogP contribution in [-0.2, 0) is 42.7 Å². The third-order valence-electron chi connectivity index (χ3n) is 12.7. The third kappa shape index (κ3) is 12.2. The van der Waals surface area contributed by atoms with E-state index in [0.29, 0.717) is 18.3 Å². The quantitative estimate of drug-likeness (QED) is 0.184. The second-order valence-electron chi connectivity index (χ2n) is 18.0. The summed E-state index contributed by atoms with van der Waals surface area (Å²) in [7, 11) is 7.06. The van der Waals surface area contributed by atoms with Crippen LogP contribution in [-0.4, -0.2) is 179 Å². The van der Waals surface area contributed by atoms with Crippen LogP contribution < -0.4 is 0 Å². The summed E-state index contributed by atoms with van der Waals surface area (Å²) in [4.78, 5) is 31.2. The molecular formula is C41H75BrN2O14. The van der Waals surface area contributed by atoms with E-state index in [1.54, 1.807) is 48.5 Å². The van der Waals surface area contributed by atoms with Crippen molar-refractivity contribution in [2.45, 2.75) is 185 Å². The predicted molar refractivity (Wildman–Crippen MR) is 218 cm³/mol. The van der Waals surface area contributed by atoms with Gasteiger partial charge in [-0.1, -0.05) is 36.7 Å². The van der Waals surface area contributed by atoms with Crippen molar-refractivity contribution < 1.29 is 67.9 Å². The Hall–Kier alpha value is -1.22. The number of hydrogen-bond acceptors (Lipinski definition) is 16. The smallest absolute Gasteiger partial charge is 0.459 e. The van der Waals surface area contributed by atoms with Crippen LogP contribution in [0.15, 0.2) is 0 Å². The fourth-order valence-electron chi connectivity index (χ4n) is 9.11. The molecule has 3 heterocycles. The van der Waals surface area contributed by atoms with Crippen molar-refractivity contribution in [1.82, 2.24) is 9.80 Å². The summed E-state index contributed by atoms with van der Waals surface area (Å²) in [6.45, 7) is 17.9. The van der Waals surface area contributed by atoms with Gasteiger partial charge in [0.05, 0.1) is 47.6 Å². The van der Waals surface area contributed by atoms with Crippen molar-refractivity contribution >= 4 is 28.1 Å². The number of aliphatic hydroxyl groups is 4. The van der Waals surface area contributed by atoms with Crippen LogP contribution in [0, 0.1) is 17.8 Å². The first-order chi connectivity index (χ1) is 26.8. The van der Waals surface area contributed by atoms with E-state index in [4.69, 9.17) is 37.9 Å². The minimum atomic E-state index is -1.83. The number of ether oxygens (including phenoxy) is 8. The van der Waals surface area contributed by atoms with E-state index in [0.717, 1.165) is 0 Å². The molecule has 16 nitrogen and oxygen atoms in total. The first-order valence-corrected chi connectivity index (χ1v) is 21.9. The van der Waals surface area contributed by atoms with Crippen LogP contribution in [0.5, 0.6) is 0 Å². The number of cyclic esters (lactones) is 1. The van der Waals surface area contributed by atoms with E-state index >= 15 is 0 Å². The molecule has 0 aromatic carbocycles. The molecule has 3 aliphatic rings. The van der Waals surface area contributed by atoms with Gasteiger partial charge in [0.1, 0.15) is 30.5 Å². The zero-order valence-electron chi connectivity index (χ0n) is 37.3. The summed E-state index contributed by atoms with van der Waals surface area (Å²) in [5.41, 5.74) is -4.53. The fourth-order valence-corrected chi connectivity index (χ4v) is 9.28. The zero-order chi connectivity index (χ0) is 44.1. The maximum atomic E-state index is 14.4. The van der Waals surface area contributed by atoms with Crippen molar-refractivity contribution in [3.63, 3.8) is 0 Å². The van der Waals surface area contributed by atoms with Crippen LogP contribution in [0.4, 0.5) is 4.79 Å². The number of methoxy groups -OCH3 is 1. The number of aliphatic hydroxyl groups excluding tert-OH is 2. The van der Waals surface area contributed by atoms with Crippen LogP contribution in [0.25, 0.3) is 0 Å². The predicted octanol–water partition coefficient (Wildman–Crippen LogP) is 3.46. The Morgan fingerprint density at radius 3 is 2.19 bits per heavy atom. The molecule has 17 heteroatoms. The highest BCUT2D eigenvalue weighted by Gasteiger charge is 2.53. The van der Waals surface area contributed by atoms with Gasteiger partial charge in [-0.3, -0.25) is 4.79 Å². The maximum absolute atomic E-state index is 14.4. The molecule has 0 radical (unpaired) electrons. The molecule has 18 atom stereocenters. The summed E-state index contributed by atoms with van der Waals surface area (Å²) in [5.74, 6) is -2.80. The Bertz CT molecular complexity index is 1310. The SMILES string of the molecule is CC[C@H]1OC(=O)[C@H](C)[C@@H](O[C@H]2C[C@@](C)(OC)[C@@H](O)[C@H](C)O2)[C@H](C)[C@@H](O[C@@H]2O[C@H](C)CC(N(C)C)[C@H]2OC(=O)OCCBr)[C@](C)(O)C[C@@H](C)CN(C)[C@H](C)[C@@H](O)[C@]1(C)O. The molecule has 1 unspecified atom stereocenters. The number of hydrogen-bond donors (Lipinski definition) is 4. The second kappa shape index (κ2) is 21.2. The second-order valence-corrected chi connectivity index (χ2v) is 18.8. The molecule has 0 spiro atoms. The summed E-state index contributed by atoms with van der Waals surface area (Å²) >= 11 is 3.27. The molecule has 0 aromatic rings.